The Labute approximate surface area is 141 Å². The van der Waals surface area contributed by atoms with Gasteiger partial charge in [0.15, 0.2) is 0 Å². The van der Waals surface area contributed by atoms with Crippen LogP contribution in [0.25, 0.3) is 0 Å². The highest BCUT2D eigenvalue weighted by Crippen LogP contribution is 2.22. The fraction of sp³-hybridized carbons (Fsp3) is 0.333. The largest absolute Gasteiger partial charge is 0.396 e. The Morgan fingerprint density at radius 2 is 2.27 bits per heavy atom. The first-order valence-electron chi connectivity index (χ1n) is 6.83. The van der Waals surface area contributed by atoms with Crippen molar-refractivity contribution in [2.45, 2.75) is 25.0 Å². The maximum atomic E-state index is 12.2. The summed E-state index contributed by atoms with van der Waals surface area (Å²) in [7, 11) is 0. The van der Waals surface area contributed by atoms with Gasteiger partial charge in [-0.2, -0.15) is 0 Å². The number of nitrogens with one attached hydrogen (secondary N) is 1. The summed E-state index contributed by atoms with van der Waals surface area (Å²) in [5.74, 6) is -0.449. The fourth-order valence-electron chi connectivity index (χ4n) is 2.04. The summed E-state index contributed by atoms with van der Waals surface area (Å²) in [5, 5.41) is 23.9. The van der Waals surface area contributed by atoms with Gasteiger partial charge in [-0.25, -0.2) is 0 Å². The minimum atomic E-state index is -1.15. The van der Waals surface area contributed by atoms with E-state index in [1.54, 1.807) is 18.5 Å². The van der Waals surface area contributed by atoms with Gasteiger partial charge in [-0.15, -0.1) is 11.3 Å². The zero-order chi connectivity index (χ0) is 15.9. The second-order valence-corrected chi connectivity index (χ2v) is 6.61. The molecular weight excluding hydrogens is 368 g/mol. The van der Waals surface area contributed by atoms with Crippen LogP contribution in [0.4, 0.5) is 0 Å². The maximum absolute atomic E-state index is 12.2. The number of aromatic nitrogens is 1. The Balaban J connectivity index is 1.99. The van der Waals surface area contributed by atoms with Crippen molar-refractivity contribution < 1.29 is 15.0 Å². The van der Waals surface area contributed by atoms with Gasteiger partial charge in [0.1, 0.15) is 6.10 Å². The predicted molar refractivity (Wildman–Crippen MR) is 88.6 cm³/mol. The molecule has 0 bridgehead atoms. The van der Waals surface area contributed by atoms with E-state index in [0.717, 1.165) is 14.9 Å². The van der Waals surface area contributed by atoms with Crippen LogP contribution in [0.1, 0.15) is 22.9 Å². The minimum absolute atomic E-state index is 0.0329. The molecule has 2 heterocycles. The Hall–Kier alpha value is -1.28. The molecular formula is C15H17BrN2O3S. The van der Waals surface area contributed by atoms with Crippen LogP contribution >= 0.6 is 27.3 Å². The lowest BCUT2D eigenvalue weighted by Gasteiger charge is -2.19. The highest BCUT2D eigenvalue weighted by atomic mass is 79.9. The Bertz CT molecular complexity index is 607. The minimum Gasteiger partial charge on any atom is -0.396 e. The third-order valence-corrected chi connectivity index (χ3v) is 4.89. The first kappa shape index (κ1) is 17.1. The highest BCUT2D eigenvalue weighted by molar-refractivity contribution is 9.10. The van der Waals surface area contributed by atoms with E-state index in [9.17, 15) is 9.90 Å². The molecule has 2 atom stereocenters. The first-order chi connectivity index (χ1) is 10.6. The quantitative estimate of drug-likeness (QED) is 0.682. The SMILES string of the molecule is O=C(NC(CCO)c1cccs1)C(O)Cc1ccncc1Br. The Kier molecular flexibility index (Phi) is 6.50. The fourth-order valence-corrected chi connectivity index (χ4v) is 3.27. The molecule has 0 radical (unpaired) electrons. The van der Waals surface area contributed by atoms with E-state index in [1.165, 1.54) is 11.3 Å². The summed E-state index contributed by atoms with van der Waals surface area (Å²) in [6, 6.07) is 5.26. The van der Waals surface area contributed by atoms with Crippen molar-refractivity contribution in [3.63, 3.8) is 0 Å². The highest BCUT2D eigenvalue weighted by Gasteiger charge is 2.21. The lowest BCUT2D eigenvalue weighted by Crippen LogP contribution is -2.38. The van der Waals surface area contributed by atoms with Crippen LogP contribution in [0.2, 0.25) is 0 Å². The molecule has 0 fully saturated rings. The topological polar surface area (TPSA) is 82.5 Å². The summed E-state index contributed by atoms with van der Waals surface area (Å²) in [6.45, 7) is -0.0329. The summed E-state index contributed by atoms with van der Waals surface area (Å²) in [6.07, 6.45) is 2.70. The van der Waals surface area contributed by atoms with Gasteiger partial charge < -0.3 is 15.5 Å². The summed E-state index contributed by atoms with van der Waals surface area (Å²) in [5.41, 5.74) is 0.812. The van der Waals surface area contributed by atoms with Crippen molar-refractivity contribution in [2.75, 3.05) is 6.61 Å². The normalized spacial score (nSPS) is 13.6. The molecule has 3 N–H and O–H groups in total. The smallest absolute Gasteiger partial charge is 0.249 e. The van der Waals surface area contributed by atoms with Gasteiger partial charge in [-0.05, 0) is 45.4 Å². The first-order valence-corrected chi connectivity index (χ1v) is 8.50. The molecule has 0 spiro atoms. The maximum Gasteiger partial charge on any atom is 0.249 e. The predicted octanol–water partition coefficient (Wildman–Crippen LogP) is 2.05. The van der Waals surface area contributed by atoms with Gasteiger partial charge in [0.2, 0.25) is 5.91 Å². The van der Waals surface area contributed by atoms with Crippen LogP contribution in [0.3, 0.4) is 0 Å². The van der Waals surface area contributed by atoms with Crippen molar-refractivity contribution in [2.24, 2.45) is 0 Å². The van der Waals surface area contributed by atoms with Crippen LogP contribution < -0.4 is 5.32 Å². The van der Waals surface area contributed by atoms with Crippen molar-refractivity contribution >= 4 is 33.2 Å². The molecule has 2 aromatic heterocycles. The standard InChI is InChI=1S/C15H17BrN2O3S/c16-11-9-17-5-3-10(11)8-13(20)15(21)18-12(4-6-19)14-2-1-7-22-14/h1-3,5,7,9,12-13,19-20H,4,6,8H2,(H,18,21). The van der Waals surface area contributed by atoms with Crippen LogP contribution in [0, 0.1) is 0 Å². The zero-order valence-electron chi connectivity index (χ0n) is 11.8. The molecule has 0 saturated heterocycles. The molecule has 0 aliphatic carbocycles. The molecule has 2 rings (SSSR count). The van der Waals surface area contributed by atoms with Crippen molar-refractivity contribution in [3.8, 4) is 0 Å². The number of pyridine rings is 1. The summed E-state index contributed by atoms with van der Waals surface area (Å²) in [4.78, 5) is 17.1. The van der Waals surface area contributed by atoms with E-state index < -0.39 is 12.0 Å². The number of thiophene rings is 1. The lowest BCUT2D eigenvalue weighted by atomic mass is 10.1. The van der Waals surface area contributed by atoms with E-state index in [4.69, 9.17) is 5.11 Å². The zero-order valence-corrected chi connectivity index (χ0v) is 14.2. The van der Waals surface area contributed by atoms with Crippen molar-refractivity contribution in [1.82, 2.24) is 10.3 Å². The molecule has 22 heavy (non-hydrogen) atoms. The number of carbonyl (C=O) groups is 1. The van der Waals surface area contributed by atoms with Gasteiger partial charge in [-0.3, -0.25) is 9.78 Å². The number of hydrogen-bond donors (Lipinski definition) is 3. The van der Waals surface area contributed by atoms with Crippen LogP contribution in [0.15, 0.2) is 40.4 Å². The third-order valence-electron chi connectivity index (χ3n) is 3.19. The average molecular weight is 385 g/mol. The Morgan fingerprint density at radius 1 is 1.45 bits per heavy atom. The van der Waals surface area contributed by atoms with Crippen molar-refractivity contribution in [3.05, 3.63) is 50.9 Å². The van der Waals surface area contributed by atoms with Gasteiger partial charge in [0.25, 0.3) is 0 Å². The molecule has 5 nitrogen and oxygen atoms in total. The molecule has 0 aliphatic heterocycles. The third kappa shape index (κ3) is 4.61. The van der Waals surface area contributed by atoms with E-state index in [2.05, 4.69) is 26.2 Å². The molecule has 0 aliphatic rings. The van der Waals surface area contributed by atoms with Gasteiger partial charge in [0.05, 0.1) is 6.04 Å². The van der Waals surface area contributed by atoms with E-state index in [1.807, 2.05) is 17.5 Å². The second kappa shape index (κ2) is 8.38. The number of nitrogens with zero attached hydrogens (tertiary/aromatic N) is 1. The van der Waals surface area contributed by atoms with E-state index in [0.29, 0.717) is 6.42 Å². The summed E-state index contributed by atoms with van der Waals surface area (Å²) < 4.78 is 0.756. The number of carbonyl (C=O) groups excluding carboxylic acids is 1. The summed E-state index contributed by atoms with van der Waals surface area (Å²) >= 11 is 4.85. The monoisotopic (exact) mass is 384 g/mol. The van der Waals surface area contributed by atoms with Crippen LogP contribution in [-0.4, -0.2) is 33.8 Å². The molecule has 2 unspecified atom stereocenters. The van der Waals surface area contributed by atoms with Gasteiger partial charge in [-0.1, -0.05) is 6.07 Å². The lowest BCUT2D eigenvalue weighted by molar-refractivity contribution is -0.130. The molecule has 7 heteroatoms. The average Bonchev–Trinajstić information content (AvgIpc) is 3.03. The molecule has 0 saturated carbocycles. The molecule has 0 aromatic carbocycles. The van der Waals surface area contributed by atoms with Crippen LogP contribution in [0.5, 0.6) is 0 Å². The molecule has 118 valence electrons. The number of hydrogen-bond acceptors (Lipinski definition) is 5. The number of aliphatic hydroxyl groups is 2. The van der Waals surface area contributed by atoms with E-state index in [-0.39, 0.29) is 19.1 Å². The second-order valence-electron chi connectivity index (χ2n) is 4.78. The van der Waals surface area contributed by atoms with Gasteiger partial charge >= 0.3 is 0 Å². The van der Waals surface area contributed by atoms with Crippen LogP contribution in [-0.2, 0) is 11.2 Å². The number of aliphatic hydroxyl groups excluding tert-OH is 2. The number of halogens is 1. The van der Waals surface area contributed by atoms with Crippen molar-refractivity contribution in [1.29, 1.82) is 0 Å². The molecule has 1 amide bonds. The Morgan fingerprint density at radius 3 is 2.91 bits per heavy atom. The van der Waals surface area contributed by atoms with E-state index >= 15 is 0 Å². The molecule has 2 aromatic rings. The van der Waals surface area contributed by atoms with Gasteiger partial charge in [0, 0.05) is 34.8 Å². The number of amides is 1. The number of rotatable bonds is 7.